The summed E-state index contributed by atoms with van der Waals surface area (Å²) < 4.78 is 1.50. The number of anilines is 1. The van der Waals surface area contributed by atoms with Crippen LogP contribution in [0.4, 0.5) is 5.69 Å². The summed E-state index contributed by atoms with van der Waals surface area (Å²) in [4.78, 5) is 42.3. The molecule has 1 aromatic heterocycles. The van der Waals surface area contributed by atoms with Crippen LogP contribution in [0.2, 0.25) is 15.1 Å². The van der Waals surface area contributed by atoms with Crippen LogP contribution in [0.3, 0.4) is 0 Å². The summed E-state index contributed by atoms with van der Waals surface area (Å²) in [6, 6.07) is 8.18. The van der Waals surface area contributed by atoms with E-state index in [4.69, 9.17) is 34.8 Å². The van der Waals surface area contributed by atoms with Crippen molar-refractivity contribution in [3.05, 3.63) is 80.6 Å². The molecule has 2 saturated heterocycles. The average molecular weight is 615 g/mol. The van der Waals surface area contributed by atoms with Crippen LogP contribution in [-0.2, 0) is 16.0 Å². The molecule has 2 aliphatic heterocycles. The van der Waals surface area contributed by atoms with Gasteiger partial charge in [0.05, 0.1) is 63.3 Å². The predicted molar refractivity (Wildman–Crippen MR) is 155 cm³/mol. The topological polar surface area (TPSA) is 109 Å². The van der Waals surface area contributed by atoms with E-state index < -0.39 is 5.60 Å². The molecule has 0 saturated carbocycles. The van der Waals surface area contributed by atoms with Gasteiger partial charge in [-0.1, -0.05) is 58.2 Å². The number of aryl methyl sites for hydroxylation is 2. The highest BCUT2D eigenvalue weighted by Crippen LogP contribution is 2.39. The lowest BCUT2D eigenvalue weighted by Gasteiger charge is -2.46. The number of carbonyl (C=O) groups is 3. The number of halogens is 3. The third kappa shape index (κ3) is 5.05. The van der Waals surface area contributed by atoms with Crippen LogP contribution >= 0.6 is 34.8 Å². The molecule has 6 rings (SSSR count). The first-order valence-corrected chi connectivity index (χ1v) is 14.4. The van der Waals surface area contributed by atoms with Crippen molar-refractivity contribution >= 4 is 58.2 Å². The molecule has 1 aliphatic carbocycles. The molecule has 2 aromatic carbocycles. The van der Waals surface area contributed by atoms with E-state index in [1.165, 1.54) is 15.6 Å². The Labute approximate surface area is 251 Å². The van der Waals surface area contributed by atoms with Crippen molar-refractivity contribution in [3.8, 4) is 5.69 Å². The number of hydrogen-bond donors (Lipinski definition) is 1. The zero-order chi connectivity index (χ0) is 29.1. The molecule has 3 aliphatic rings. The summed E-state index contributed by atoms with van der Waals surface area (Å²) in [5, 5.41) is 20.3. The molecule has 9 nitrogen and oxygen atoms in total. The Kier molecular flexibility index (Phi) is 7.18. The van der Waals surface area contributed by atoms with Crippen LogP contribution in [0, 0.1) is 18.8 Å². The Bertz CT molecular complexity index is 1590. The summed E-state index contributed by atoms with van der Waals surface area (Å²) in [5.41, 5.74) is 1.65. The minimum absolute atomic E-state index is 0.152. The van der Waals surface area contributed by atoms with Gasteiger partial charge in [0.25, 0.3) is 5.91 Å². The van der Waals surface area contributed by atoms with Gasteiger partial charge in [-0.2, -0.15) is 0 Å². The number of rotatable bonds is 6. The van der Waals surface area contributed by atoms with E-state index in [0.717, 1.165) is 5.56 Å². The molecule has 212 valence electrons. The zero-order valence-electron chi connectivity index (χ0n) is 22.1. The van der Waals surface area contributed by atoms with Gasteiger partial charge < -0.3 is 10.0 Å². The molecule has 2 unspecified atom stereocenters. The second-order valence-electron chi connectivity index (χ2n) is 10.9. The summed E-state index contributed by atoms with van der Waals surface area (Å²) in [6.07, 6.45) is 7.50. The lowest BCUT2D eigenvalue weighted by Crippen LogP contribution is -2.63. The fourth-order valence-electron chi connectivity index (χ4n) is 5.75. The van der Waals surface area contributed by atoms with Crippen LogP contribution < -0.4 is 4.90 Å². The van der Waals surface area contributed by atoms with E-state index in [2.05, 4.69) is 10.3 Å². The fourth-order valence-corrected chi connectivity index (χ4v) is 6.38. The Hall–Kier alpha value is -3.24. The number of amides is 3. The van der Waals surface area contributed by atoms with Crippen molar-refractivity contribution < 1.29 is 19.5 Å². The summed E-state index contributed by atoms with van der Waals surface area (Å²) in [7, 11) is 0. The summed E-state index contributed by atoms with van der Waals surface area (Å²) >= 11 is 18.4. The number of nitrogens with zero attached hydrogens (tertiary/aromatic N) is 5. The first kappa shape index (κ1) is 27.9. The molecule has 2 fully saturated rings. The first-order valence-electron chi connectivity index (χ1n) is 13.3. The highest BCUT2D eigenvalue weighted by Gasteiger charge is 2.48. The Morgan fingerprint density at radius 2 is 1.63 bits per heavy atom. The van der Waals surface area contributed by atoms with Crippen molar-refractivity contribution in [1.29, 1.82) is 0 Å². The molecule has 3 aromatic rings. The maximum absolute atomic E-state index is 13.3. The molecule has 1 N–H and O–H groups in total. The van der Waals surface area contributed by atoms with Gasteiger partial charge in [-0.3, -0.25) is 14.4 Å². The molecule has 3 heterocycles. The van der Waals surface area contributed by atoms with E-state index in [-0.39, 0.29) is 42.6 Å². The number of carbonyl (C=O) groups excluding carboxylic acids is 3. The number of likely N-dealkylation sites (tertiary alicyclic amines) is 1. The van der Waals surface area contributed by atoms with Gasteiger partial charge in [-0.05, 0) is 62.4 Å². The molecule has 0 radical (unpaired) electrons. The Morgan fingerprint density at radius 1 is 0.976 bits per heavy atom. The van der Waals surface area contributed by atoms with Crippen LogP contribution in [0.1, 0.15) is 40.9 Å². The Morgan fingerprint density at radius 3 is 2.32 bits per heavy atom. The van der Waals surface area contributed by atoms with Crippen LogP contribution in [0.15, 0.2) is 48.7 Å². The number of aliphatic hydroxyl groups is 1. The van der Waals surface area contributed by atoms with Crippen LogP contribution in [-0.4, -0.2) is 61.4 Å². The summed E-state index contributed by atoms with van der Waals surface area (Å²) in [5.74, 6) is -1.39. The highest BCUT2D eigenvalue weighted by molar-refractivity contribution is 6.43. The number of hydrogen-bond acceptors (Lipinski definition) is 6. The maximum atomic E-state index is 13.3. The molecule has 41 heavy (non-hydrogen) atoms. The van der Waals surface area contributed by atoms with Gasteiger partial charge in [0.15, 0.2) is 0 Å². The average Bonchev–Trinajstić information content (AvgIpc) is 3.51. The van der Waals surface area contributed by atoms with Crippen molar-refractivity contribution in [2.45, 2.75) is 38.2 Å². The number of imide groups is 1. The van der Waals surface area contributed by atoms with Crippen molar-refractivity contribution in [3.63, 3.8) is 0 Å². The first-order chi connectivity index (χ1) is 19.5. The number of aromatic nitrogens is 3. The quantitative estimate of drug-likeness (QED) is 0.243. The molecule has 12 heteroatoms. The minimum Gasteiger partial charge on any atom is -0.386 e. The highest BCUT2D eigenvalue weighted by atomic mass is 35.5. The molecule has 2 atom stereocenters. The normalized spacial score (nSPS) is 21.3. The third-order valence-corrected chi connectivity index (χ3v) is 9.11. The van der Waals surface area contributed by atoms with Gasteiger partial charge in [0.2, 0.25) is 11.8 Å². The predicted octanol–water partition coefficient (Wildman–Crippen LogP) is 4.81. The van der Waals surface area contributed by atoms with Crippen molar-refractivity contribution in [1.82, 2.24) is 19.9 Å². The Balaban J connectivity index is 1.10. The van der Waals surface area contributed by atoms with Crippen LogP contribution in [0.25, 0.3) is 5.69 Å². The molecular weight excluding hydrogens is 589 g/mol. The van der Waals surface area contributed by atoms with Gasteiger partial charge >= 0.3 is 0 Å². The van der Waals surface area contributed by atoms with E-state index in [1.54, 1.807) is 35.4 Å². The van der Waals surface area contributed by atoms with E-state index >= 15 is 0 Å². The van der Waals surface area contributed by atoms with E-state index in [0.29, 0.717) is 63.4 Å². The van der Waals surface area contributed by atoms with Gasteiger partial charge in [0.1, 0.15) is 5.60 Å². The monoisotopic (exact) mass is 613 g/mol. The smallest absolute Gasteiger partial charge is 0.254 e. The number of β-amino-alcohol motifs (C(OH)–C–C–N with tert-alkyl or cyclic N) is 1. The zero-order valence-corrected chi connectivity index (χ0v) is 24.3. The third-order valence-electron chi connectivity index (χ3n) is 8.09. The van der Waals surface area contributed by atoms with E-state index in [9.17, 15) is 19.5 Å². The minimum atomic E-state index is -1.07. The standard InChI is InChI=1S/C29H26Cl3N5O4/c1-16-6-7-17(10-24(16)37-27(39)19-4-2-3-5-20(19)28(37)40)26(38)35-14-29(41,15-35)9-8-18-13-36(34-33-18)25-12-22(31)21(30)11-23(25)32/h2-3,6-7,10-13,19-20,41H,4-5,8-9,14-15H2,1H3. The summed E-state index contributed by atoms with van der Waals surface area (Å²) in [6.45, 7) is 2.12. The lowest BCUT2D eigenvalue weighted by molar-refractivity contribution is -0.122. The van der Waals surface area contributed by atoms with Crippen molar-refractivity contribution in [2.75, 3.05) is 18.0 Å². The second-order valence-corrected chi connectivity index (χ2v) is 12.1. The van der Waals surface area contributed by atoms with Crippen molar-refractivity contribution in [2.24, 2.45) is 11.8 Å². The fraction of sp³-hybridized carbons (Fsp3) is 0.345. The SMILES string of the molecule is Cc1ccc(C(=O)N2CC(O)(CCc3cn(-c4cc(Cl)c(Cl)cc4Cl)nn3)C2)cc1N1C(=O)C2CC=CCC2C1=O. The van der Waals surface area contributed by atoms with E-state index in [1.807, 2.05) is 19.1 Å². The van der Waals surface area contributed by atoms with Gasteiger partial charge in [-0.25, -0.2) is 9.58 Å². The maximum Gasteiger partial charge on any atom is 0.254 e. The molecule has 0 bridgehead atoms. The van der Waals surface area contributed by atoms with Gasteiger partial charge in [-0.15, -0.1) is 5.10 Å². The molecule has 3 amide bonds. The molecule has 0 spiro atoms. The molecular formula is C29H26Cl3N5O4. The number of benzene rings is 2. The lowest BCUT2D eigenvalue weighted by atomic mass is 9.85. The number of fused-ring (bicyclic) bond motifs is 1. The van der Waals surface area contributed by atoms with Crippen LogP contribution in [0.5, 0.6) is 0 Å². The second kappa shape index (κ2) is 10.5. The largest absolute Gasteiger partial charge is 0.386 e. The number of allylic oxidation sites excluding steroid dienone is 2. The van der Waals surface area contributed by atoms with Gasteiger partial charge in [0, 0.05) is 5.56 Å².